The van der Waals surface area contributed by atoms with E-state index in [-0.39, 0.29) is 0 Å². The highest BCUT2D eigenvalue weighted by molar-refractivity contribution is 6.03. The fourth-order valence-electron chi connectivity index (χ4n) is 1.66. The first-order chi connectivity index (χ1) is 10.2. The van der Waals surface area contributed by atoms with E-state index in [0.717, 1.165) is 0 Å². The third-order valence-electron chi connectivity index (χ3n) is 2.65. The van der Waals surface area contributed by atoms with Gasteiger partial charge in [0, 0.05) is 11.6 Å². The van der Waals surface area contributed by atoms with Gasteiger partial charge in [0.05, 0.1) is 0 Å². The molecule has 1 aromatic carbocycles. The lowest BCUT2D eigenvalue weighted by atomic mass is 10.2. The second-order valence-corrected chi connectivity index (χ2v) is 4.06. The number of rotatable bonds is 3. The molecule has 0 atom stereocenters. The Labute approximate surface area is 118 Å². The molecule has 0 saturated heterocycles. The molecule has 0 aliphatic rings. The van der Waals surface area contributed by atoms with Crippen LogP contribution in [0.1, 0.15) is 10.4 Å². The van der Waals surface area contributed by atoms with Crippen LogP contribution in [0, 0.1) is 5.82 Å². The van der Waals surface area contributed by atoms with Crippen molar-refractivity contribution in [3.8, 4) is 5.82 Å². The van der Waals surface area contributed by atoms with E-state index in [1.54, 1.807) is 6.07 Å². The second-order valence-electron chi connectivity index (χ2n) is 4.06. The summed E-state index contributed by atoms with van der Waals surface area (Å²) in [5.74, 6) is -0.0120. The van der Waals surface area contributed by atoms with Crippen LogP contribution in [-0.2, 0) is 0 Å². The molecule has 1 amide bonds. The Balaban J connectivity index is 1.80. The van der Waals surface area contributed by atoms with Crippen LogP contribution in [-0.4, -0.2) is 30.6 Å². The van der Waals surface area contributed by atoms with Crippen molar-refractivity contribution in [2.45, 2.75) is 0 Å². The molecule has 7 nitrogen and oxygen atoms in total. The largest absolute Gasteiger partial charge is 0.306 e. The highest BCUT2D eigenvalue weighted by Crippen LogP contribution is 2.10. The van der Waals surface area contributed by atoms with Gasteiger partial charge >= 0.3 is 0 Å². The first kappa shape index (κ1) is 12.9. The van der Waals surface area contributed by atoms with E-state index in [1.165, 1.54) is 47.9 Å². The molecule has 0 spiro atoms. The molecular formula is C13H9FN6O. The number of anilines is 1. The van der Waals surface area contributed by atoms with Crippen molar-refractivity contribution >= 4 is 11.7 Å². The number of hydrogen-bond donors (Lipinski definition) is 1. The maximum absolute atomic E-state index is 12.8. The van der Waals surface area contributed by atoms with Crippen LogP contribution < -0.4 is 5.32 Å². The highest BCUT2D eigenvalue weighted by Gasteiger charge is 2.08. The topological polar surface area (TPSA) is 85.6 Å². The molecule has 0 radical (unpaired) electrons. The van der Waals surface area contributed by atoms with Crippen LogP contribution >= 0.6 is 0 Å². The molecule has 8 heteroatoms. The van der Waals surface area contributed by atoms with E-state index in [1.807, 2.05) is 0 Å². The Morgan fingerprint density at radius 1 is 1.14 bits per heavy atom. The normalized spacial score (nSPS) is 10.3. The molecule has 0 bridgehead atoms. The fraction of sp³-hybridized carbons (Fsp3) is 0. The minimum Gasteiger partial charge on any atom is -0.306 e. The van der Waals surface area contributed by atoms with Gasteiger partial charge in [-0.1, -0.05) is 0 Å². The van der Waals surface area contributed by atoms with Crippen LogP contribution in [0.25, 0.3) is 5.82 Å². The summed E-state index contributed by atoms with van der Waals surface area (Å²) in [6.45, 7) is 0. The Hall–Kier alpha value is -3.16. The predicted octanol–water partition coefficient (Wildman–Crippen LogP) is 1.45. The van der Waals surface area contributed by atoms with E-state index in [4.69, 9.17) is 0 Å². The molecule has 0 fully saturated rings. The Morgan fingerprint density at radius 3 is 2.67 bits per heavy atom. The first-order valence-electron chi connectivity index (χ1n) is 5.96. The molecule has 0 aliphatic carbocycles. The third-order valence-corrected chi connectivity index (χ3v) is 2.65. The van der Waals surface area contributed by atoms with Crippen molar-refractivity contribution in [1.82, 2.24) is 24.7 Å². The minimum absolute atomic E-state index is 0.310. The van der Waals surface area contributed by atoms with Gasteiger partial charge in [0.15, 0.2) is 5.82 Å². The summed E-state index contributed by atoms with van der Waals surface area (Å²) < 4.78 is 14.3. The number of carbonyl (C=O) groups excluding carboxylic acids is 1. The van der Waals surface area contributed by atoms with Crippen LogP contribution in [0.2, 0.25) is 0 Å². The number of hydrogen-bond acceptors (Lipinski definition) is 5. The zero-order chi connectivity index (χ0) is 14.7. The fourth-order valence-corrected chi connectivity index (χ4v) is 1.66. The summed E-state index contributed by atoms with van der Waals surface area (Å²) in [5, 5.41) is 6.54. The van der Waals surface area contributed by atoms with Crippen molar-refractivity contribution in [1.29, 1.82) is 0 Å². The van der Waals surface area contributed by atoms with Gasteiger partial charge in [-0.25, -0.2) is 24.0 Å². The van der Waals surface area contributed by atoms with Crippen molar-refractivity contribution in [3.63, 3.8) is 0 Å². The first-order valence-corrected chi connectivity index (χ1v) is 5.96. The highest BCUT2D eigenvalue weighted by atomic mass is 19.1. The van der Waals surface area contributed by atoms with Crippen molar-refractivity contribution in [3.05, 3.63) is 60.7 Å². The van der Waals surface area contributed by atoms with Crippen molar-refractivity contribution in [2.24, 2.45) is 0 Å². The summed E-state index contributed by atoms with van der Waals surface area (Å²) in [5.41, 5.74) is 0.331. The standard InChI is InChI=1S/C13H9FN6O/c14-10-3-1-9(2-4-10)13(21)19-11-5-12(17-7-16-11)20-8-15-6-18-20/h1-8H,(H,16,17,19,21). The molecule has 104 valence electrons. The Kier molecular flexibility index (Phi) is 3.34. The molecular weight excluding hydrogens is 275 g/mol. The summed E-state index contributed by atoms with van der Waals surface area (Å²) >= 11 is 0. The quantitative estimate of drug-likeness (QED) is 0.786. The van der Waals surface area contributed by atoms with Crippen molar-refractivity contribution < 1.29 is 9.18 Å². The molecule has 2 heterocycles. The van der Waals surface area contributed by atoms with Gasteiger partial charge in [0.1, 0.15) is 30.6 Å². The van der Waals surface area contributed by atoms with E-state index >= 15 is 0 Å². The number of amides is 1. The SMILES string of the molecule is O=C(Nc1cc(-n2cncn2)ncn1)c1ccc(F)cc1. The van der Waals surface area contributed by atoms with E-state index in [2.05, 4.69) is 25.4 Å². The predicted molar refractivity (Wildman–Crippen MR) is 71.3 cm³/mol. The average Bonchev–Trinajstić information content (AvgIpc) is 3.02. The molecule has 0 aliphatic heterocycles. The second kappa shape index (κ2) is 5.45. The minimum atomic E-state index is -0.401. The molecule has 2 aromatic heterocycles. The molecule has 3 aromatic rings. The zero-order valence-electron chi connectivity index (χ0n) is 10.6. The summed E-state index contributed by atoms with van der Waals surface area (Å²) in [7, 11) is 0. The molecule has 21 heavy (non-hydrogen) atoms. The number of nitrogens with one attached hydrogen (secondary N) is 1. The van der Waals surface area contributed by atoms with Gasteiger partial charge in [-0.15, -0.1) is 0 Å². The van der Waals surface area contributed by atoms with E-state index < -0.39 is 11.7 Å². The number of carbonyl (C=O) groups is 1. The number of benzene rings is 1. The third kappa shape index (κ3) is 2.89. The number of halogens is 1. The van der Waals surface area contributed by atoms with Gasteiger partial charge in [-0.05, 0) is 24.3 Å². The summed E-state index contributed by atoms with van der Waals surface area (Å²) in [4.78, 5) is 23.8. The maximum Gasteiger partial charge on any atom is 0.256 e. The lowest BCUT2D eigenvalue weighted by molar-refractivity contribution is 0.102. The monoisotopic (exact) mass is 284 g/mol. The molecule has 3 rings (SSSR count). The Morgan fingerprint density at radius 2 is 1.95 bits per heavy atom. The summed E-state index contributed by atoms with van der Waals surface area (Å²) in [6, 6.07) is 6.77. The van der Waals surface area contributed by atoms with E-state index in [9.17, 15) is 9.18 Å². The van der Waals surface area contributed by atoms with Gasteiger partial charge in [-0.2, -0.15) is 5.10 Å². The van der Waals surface area contributed by atoms with Gasteiger partial charge in [0.25, 0.3) is 5.91 Å². The average molecular weight is 284 g/mol. The van der Waals surface area contributed by atoms with Gasteiger partial charge < -0.3 is 5.32 Å². The maximum atomic E-state index is 12.8. The molecule has 0 unspecified atom stereocenters. The zero-order valence-corrected chi connectivity index (χ0v) is 10.6. The van der Waals surface area contributed by atoms with Crippen LogP contribution in [0.4, 0.5) is 10.2 Å². The molecule has 1 N–H and O–H groups in total. The van der Waals surface area contributed by atoms with Gasteiger partial charge in [0.2, 0.25) is 0 Å². The van der Waals surface area contributed by atoms with Crippen molar-refractivity contribution in [2.75, 3.05) is 5.32 Å². The Bertz CT molecular complexity index is 757. The lowest BCUT2D eigenvalue weighted by Gasteiger charge is -2.05. The number of aromatic nitrogens is 5. The number of nitrogens with zero attached hydrogens (tertiary/aromatic N) is 5. The summed E-state index contributed by atoms with van der Waals surface area (Å²) in [6.07, 6.45) is 4.16. The lowest BCUT2D eigenvalue weighted by Crippen LogP contribution is -2.13. The van der Waals surface area contributed by atoms with Gasteiger partial charge in [-0.3, -0.25) is 4.79 Å². The molecule has 0 saturated carbocycles. The van der Waals surface area contributed by atoms with Crippen LogP contribution in [0.15, 0.2) is 49.3 Å². The van der Waals surface area contributed by atoms with E-state index in [0.29, 0.717) is 17.2 Å². The van der Waals surface area contributed by atoms with Crippen LogP contribution in [0.5, 0.6) is 0 Å². The van der Waals surface area contributed by atoms with Crippen LogP contribution in [0.3, 0.4) is 0 Å². The smallest absolute Gasteiger partial charge is 0.256 e.